The maximum absolute atomic E-state index is 12.5. The number of rotatable bonds is 5. The summed E-state index contributed by atoms with van der Waals surface area (Å²) in [5, 5.41) is 3.41. The molecule has 2 fully saturated rings. The quantitative estimate of drug-likeness (QED) is 0.819. The van der Waals surface area contributed by atoms with Crippen molar-refractivity contribution in [3.8, 4) is 0 Å². The van der Waals surface area contributed by atoms with Gasteiger partial charge in [-0.2, -0.15) is 0 Å². The lowest BCUT2D eigenvalue weighted by Crippen LogP contribution is -2.49. The van der Waals surface area contributed by atoms with Gasteiger partial charge in [-0.05, 0) is 52.1 Å². The molecule has 0 radical (unpaired) electrons. The highest BCUT2D eigenvalue weighted by Crippen LogP contribution is 2.17. The molecule has 1 N–H and O–H groups in total. The Labute approximate surface area is 117 Å². The smallest absolute Gasteiger partial charge is 0.236 e. The first-order valence-electron chi connectivity index (χ1n) is 7.96. The third kappa shape index (κ3) is 3.93. The van der Waals surface area contributed by atoms with Crippen LogP contribution in [0.2, 0.25) is 0 Å². The van der Waals surface area contributed by atoms with Gasteiger partial charge < -0.3 is 10.2 Å². The molecule has 2 heterocycles. The largest absolute Gasteiger partial charge is 0.339 e. The normalized spacial score (nSPS) is 28.1. The molecule has 0 aromatic rings. The molecule has 2 rings (SSSR count). The number of likely N-dealkylation sites (tertiary alicyclic amines) is 1. The molecule has 0 aromatic carbocycles. The van der Waals surface area contributed by atoms with Gasteiger partial charge in [0, 0.05) is 25.2 Å². The zero-order valence-electron chi connectivity index (χ0n) is 12.5. The molecule has 110 valence electrons. The molecule has 0 saturated carbocycles. The molecule has 0 aliphatic carbocycles. The molecule has 4 nitrogen and oxygen atoms in total. The van der Waals surface area contributed by atoms with Crippen molar-refractivity contribution in [3.63, 3.8) is 0 Å². The van der Waals surface area contributed by atoms with E-state index in [1.807, 2.05) is 0 Å². The molecule has 2 aliphatic rings. The first-order valence-corrected chi connectivity index (χ1v) is 7.96. The summed E-state index contributed by atoms with van der Waals surface area (Å²) in [5.74, 6) is 0.340. The van der Waals surface area contributed by atoms with E-state index in [1.54, 1.807) is 0 Å². The van der Waals surface area contributed by atoms with Gasteiger partial charge in [-0.15, -0.1) is 0 Å². The molecule has 2 unspecified atom stereocenters. The number of carbonyl (C=O) groups excluding carboxylic acids is 1. The van der Waals surface area contributed by atoms with E-state index in [1.165, 1.54) is 25.7 Å². The van der Waals surface area contributed by atoms with Crippen LogP contribution in [0.5, 0.6) is 0 Å². The van der Waals surface area contributed by atoms with E-state index in [2.05, 4.69) is 29.0 Å². The van der Waals surface area contributed by atoms with Gasteiger partial charge in [0.2, 0.25) is 5.91 Å². The van der Waals surface area contributed by atoms with Gasteiger partial charge in [-0.25, -0.2) is 0 Å². The minimum Gasteiger partial charge on any atom is -0.339 e. The summed E-state index contributed by atoms with van der Waals surface area (Å²) in [5.41, 5.74) is 0. The lowest BCUT2D eigenvalue weighted by atomic mass is 10.0. The summed E-state index contributed by atoms with van der Waals surface area (Å²) in [6.07, 6.45) is 5.93. The molecule has 0 bridgehead atoms. The average Bonchev–Trinajstić information content (AvgIpc) is 2.92. The summed E-state index contributed by atoms with van der Waals surface area (Å²) in [7, 11) is 0. The van der Waals surface area contributed by atoms with Crippen molar-refractivity contribution in [2.45, 2.75) is 58.0 Å². The molecular formula is C15H29N3O. The highest BCUT2D eigenvalue weighted by molar-refractivity contribution is 5.78. The van der Waals surface area contributed by atoms with Gasteiger partial charge in [0.25, 0.3) is 0 Å². The van der Waals surface area contributed by atoms with Crippen molar-refractivity contribution >= 4 is 5.91 Å². The Bertz CT molecular complexity index is 289. The molecule has 19 heavy (non-hydrogen) atoms. The Kier molecular flexibility index (Phi) is 5.64. The Morgan fingerprint density at radius 1 is 1.37 bits per heavy atom. The van der Waals surface area contributed by atoms with Crippen LogP contribution in [0.4, 0.5) is 0 Å². The molecule has 0 aromatic heterocycles. The average molecular weight is 267 g/mol. The number of nitrogens with zero attached hydrogens (tertiary/aromatic N) is 2. The first kappa shape index (κ1) is 14.8. The maximum Gasteiger partial charge on any atom is 0.236 e. The maximum atomic E-state index is 12.5. The molecule has 1 amide bonds. The summed E-state index contributed by atoms with van der Waals surface area (Å²) < 4.78 is 0. The zero-order valence-corrected chi connectivity index (χ0v) is 12.5. The van der Waals surface area contributed by atoms with E-state index < -0.39 is 0 Å². The van der Waals surface area contributed by atoms with Crippen LogP contribution in [0.15, 0.2) is 0 Å². The standard InChI is InChI=1S/C15H29N3O/c1-3-9-17(14-7-8-16-11-14)12-15(19)18-10-5-4-6-13(18)2/h13-14,16H,3-12H2,1-2H3. The van der Waals surface area contributed by atoms with Gasteiger partial charge in [0.15, 0.2) is 0 Å². The van der Waals surface area contributed by atoms with E-state index >= 15 is 0 Å². The molecule has 2 saturated heterocycles. The highest BCUT2D eigenvalue weighted by Gasteiger charge is 2.28. The second-order valence-corrected chi connectivity index (χ2v) is 6.05. The second-order valence-electron chi connectivity index (χ2n) is 6.05. The zero-order chi connectivity index (χ0) is 13.7. The minimum absolute atomic E-state index is 0.340. The van der Waals surface area contributed by atoms with Crippen LogP contribution >= 0.6 is 0 Å². The lowest BCUT2D eigenvalue weighted by Gasteiger charge is -2.36. The number of nitrogens with one attached hydrogen (secondary N) is 1. The van der Waals surface area contributed by atoms with E-state index in [-0.39, 0.29) is 0 Å². The van der Waals surface area contributed by atoms with Gasteiger partial charge in [-0.1, -0.05) is 6.92 Å². The number of amides is 1. The fourth-order valence-corrected chi connectivity index (χ4v) is 3.36. The van der Waals surface area contributed by atoms with Crippen molar-refractivity contribution in [1.29, 1.82) is 0 Å². The predicted octanol–water partition coefficient (Wildman–Crippen LogP) is 1.46. The molecule has 2 aliphatic heterocycles. The van der Waals surface area contributed by atoms with Crippen molar-refractivity contribution in [2.75, 3.05) is 32.7 Å². The monoisotopic (exact) mass is 267 g/mol. The third-order valence-electron chi connectivity index (χ3n) is 4.52. The van der Waals surface area contributed by atoms with E-state index in [4.69, 9.17) is 0 Å². The molecule has 4 heteroatoms. The van der Waals surface area contributed by atoms with Gasteiger partial charge in [0.05, 0.1) is 6.54 Å². The Hall–Kier alpha value is -0.610. The van der Waals surface area contributed by atoms with E-state index in [0.29, 0.717) is 24.5 Å². The van der Waals surface area contributed by atoms with Crippen LogP contribution in [0.1, 0.15) is 46.0 Å². The van der Waals surface area contributed by atoms with Crippen molar-refractivity contribution in [3.05, 3.63) is 0 Å². The number of carbonyl (C=O) groups is 1. The number of hydrogen-bond acceptors (Lipinski definition) is 3. The topological polar surface area (TPSA) is 35.6 Å². The van der Waals surface area contributed by atoms with Crippen LogP contribution < -0.4 is 5.32 Å². The summed E-state index contributed by atoms with van der Waals surface area (Å²) in [6, 6.07) is 0.996. The SMILES string of the molecule is CCCN(CC(=O)N1CCCCC1C)C1CCNC1. The fraction of sp³-hybridized carbons (Fsp3) is 0.933. The van der Waals surface area contributed by atoms with Crippen molar-refractivity contribution < 1.29 is 4.79 Å². The van der Waals surface area contributed by atoms with Crippen molar-refractivity contribution in [2.24, 2.45) is 0 Å². The van der Waals surface area contributed by atoms with Gasteiger partial charge in [-0.3, -0.25) is 9.69 Å². The Morgan fingerprint density at radius 3 is 2.84 bits per heavy atom. The molecular weight excluding hydrogens is 238 g/mol. The summed E-state index contributed by atoms with van der Waals surface area (Å²) in [6.45, 7) is 9.15. The Balaban J connectivity index is 1.89. The lowest BCUT2D eigenvalue weighted by molar-refractivity contribution is -0.136. The second kappa shape index (κ2) is 7.25. The minimum atomic E-state index is 0.340. The number of hydrogen-bond donors (Lipinski definition) is 1. The van der Waals surface area contributed by atoms with Gasteiger partial charge in [0.1, 0.15) is 0 Å². The molecule has 0 spiro atoms. The van der Waals surface area contributed by atoms with Gasteiger partial charge >= 0.3 is 0 Å². The third-order valence-corrected chi connectivity index (χ3v) is 4.52. The first-order chi connectivity index (χ1) is 9.22. The van der Waals surface area contributed by atoms with E-state index in [9.17, 15) is 4.79 Å². The van der Waals surface area contributed by atoms with Crippen LogP contribution in [0.25, 0.3) is 0 Å². The van der Waals surface area contributed by atoms with Crippen molar-refractivity contribution in [1.82, 2.24) is 15.1 Å². The van der Waals surface area contributed by atoms with Crippen LogP contribution in [0.3, 0.4) is 0 Å². The summed E-state index contributed by atoms with van der Waals surface area (Å²) in [4.78, 5) is 17.0. The van der Waals surface area contributed by atoms with E-state index in [0.717, 1.165) is 32.6 Å². The fourth-order valence-electron chi connectivity index (χ4n) is 3.36. The molecule has 2 atom stereocenters. The Morgan fingerprint density at radius 2 is 2.21 bits per heavy atom. The number of piperidine rings is 1. The highest BCUT2D eigenvalue weighted by atomic mass is 16.2. The predicted molar refractivity (Wildman–Crippen MR) is 78.2 cm³/mol. The van der Waals surface area contributed by atoms with Crippen LogP contribution in [0, 0.1) is 0 Å². The van der Waals surface area contributed by atoms with Crippen LogP contribution in [-0.4, -0.2) is 60.5 Å². The summed E-state index contributed by atoms with van der Waals surface area (Å²) >= 11 is 0. The van der Waals surface area contributed by atoms with Crippen LogP contribution in [-0.2, 0) is 4.79 Å².